The molecule has 35 heavy (non-hydrogen) atoms. The quantitative estimate of drug-likeness (QED) is 0.345. The Labute approximate surface area is 204 Å². The van der Waals surface area contributed by atoms with E-state index >= 15 is 0 Å². The Morgan fingerprint density at radius 3 is 2.23 bits per heavy atom. The van der Waals surface area contributed by atoms with E-state index in [-0.39, 0.29) is 10.6 Å². The summed E-state index contributed by atoms with van der Waals surface area (Å²) in [6, 6.07) is 24.3. The van der Waals surface area contributed by atoms with Crippen molar-refractivity contribution in [3.8, 4) is 11.5 Å². The first-order chi connectivity index (χ1) is 16.8. The van der Waals surface area contributed by atoms with Crippen LogP contribution in [0.4, 0.5) is 0 Å². The smallest absolute Gasteiger partial charge is 0.241 e. The fourth-order valence-electron chi connectivity index (χ4n) is 3.93. The highest BCUT2D eigenvalue weighted by molar-refractivity contribution is 7.89. The molecule has 1 unspecified atom stereocenters. The van der Waals surface area contributed by atoms with E-state index in [1.165, 1.54) is 38.3 Å². The zero-order chi connectivity index (χ0) is 25.0. The molecule has 0 saturated carbocycles. The minimum atomic E-state index is -3.95. The Hall–Kier alpha value is -3.88. The van der Waals surface area contributed by atoms with Crippen LogP contribution in [-0.2, 0) is 14.8 Å². The van der Waals surface area contributed by atoms with Gasteiger partial charge in [-0.2, -0.15) is 4.72 Å². The first-order valence-electron chi connectivity index (χ1n) is 11.0. The van der Waals surface area contributed by atoms with Crippen LogP contribution in [-0.4, -0.2) is 32.6 Å². The third-order valence-corrected chi connectivity index (χ3v) is 7.31. The van der Waals surface area contributed by atoms with E-state index < -0.39 is 28.0 Å². The predicted octanol–water partition coefficient (Wildman–Crippen LogP) is 4.13. The fourth-order valence-corrected chi connectivity index (χ4v) is 5.13. The van der Waals surface area contributed by atoms with Crippen LogP contribution >= 0.6 is 0 Å². The summed E-state index contributed by atoms with van der Waals surface area (Å²) in [6.07, 6.45) is 0. The van der Waals surface area contributed by atoms with Crippen molar-refractivity contribution >= 4 is 26.7 Å². The van der Waals surface area contributed by atoms with E-state index in [4.69, 9.17) is 4.74 Å². The van der Waals surface area contributed by atoms with Crippen molar-refractivity contribution in [3.05, 3.63) is 102 Å². The molecule has 4 aromatic rings. The maximum atomic E-state index is 13.2. The first-order valence-corrected chi connectivity index (χ1v) is 12.5. The van der Waals surface area contributed by atoms with Crippen LogP contribution in [0.15, 0.2) is 95.9 Å². The van der Waals surface area contributed by atoms with Crippen LogP contribution in [0.5, 0.6) is 11.5 Å². The lowest BCUT2D eigenvalue weighted by Crippen LogP contribution is -2.46. The molecule has 4 aromatic carbocycles. The van der Waals surface area contributed by atoms with Gasteiger partial charge in [-0.05, 0) is 53.6 Å². The van der Waals surface area contributed by atoms with E-state index in [0.717, 1.165) is 16.3 Å². The van der Waals surface area contributed by atoms with Crippen molar-refractivity contribution in [1.29, 1.82) is 0 Å². The molecular formula is C27H26N2O5S. The maximum absolute atomic E-state index is 13.2. The molecule has 0 heterocycles. The molecule has 0 aliphatic rings. The van der Waals surface area contributed by atoms with Crippen molar-refractivity contribution in [2.24, 2.45) is 0 Å². The van der Waals surface area contributed by atoms with Crippen LogP contribution in [0.25, 0.3) is 10.8 Å². The first kappa shape index (κ1) is 24.3. The van der Waals surface area contributed by atoms with Crippen LogP contribution < -0.4 is 14.8 Å². The number of hydrogen-bond donors (Lipinski definition) is 3. The van der Waals surface area contributed by atoms with E-state index in [1.807, 2.05) is 60.7 Å². The number of nitrogens with one attached hydrogen (secondary N) is 2. The van der Waals surface area contributed by atoms with E-state index in [1.54, 1.807) is 6.07 Å². The Bertz CT molecular complexity index is 1440. The van der Waals surface area contributed by atoms with Crippen LogP contribution in [0, 0.1) is 0 Å². The molecule has 7 nitrogen and oxygen atoms in total. The van der Waals surface area contributed by atoms with Gasteiger partial charge in [0.05, 0.1) is 24.1 Å². The zero-order valence-corrected chi connectivity index (χ0v) is 20.1. The van der Waals surface area contributed by atoms with Crippen molar-refractivity contribution in [3.63, 3.8) is 0 Å². The lowest BCUT2D eigenvalue weighted by molar-refractivity contribution is -0.122. The topological polar surface area (TPSA) is 105 Å². The second-order valence-corrected chi connectivity index (χ2v) is 9.80. The number of aromatic hydroxyl groups is 1. The van der Waals surface area contributed by atoms with Gasteiger partial charge in [-0.15, -0.1) is 0 Å². The Morgan fingerprint density at radius 1 is 0.886 bits per heavy atom. The number of methoxy groups -OCH3 is 1. The molecule has 0 spiro atoms. The Balaban J connectivity index is 1.64. The van der Waals surface area contributed by atoms with Gasteiger partial charge in [-0.3, -0.25) is 4.79 Å². The van der Waals surface area contributed by atoms with Gasteiger partial charge in [-0.1, -0.05) is 60.7 Å². The third-order valence-electron chi connectivity index (χ3n) is 5.75. The highest BCUT2D eigenvalue weighted by Gasteiger charge is 2.27. The number of sulfonamides is 1. The highest BCUT2D eigenvalue weighted by Crippen LogP contribution is 2.35. The number of benzene rings is 4. The lowest BCUT2D eigenvalue weighted by atomic mass is 9.92. The number of hydrogen-bond acceptors (Lipinski definition) is 5. The van der Waals surface area contributed by atoms with Gasteiger partial charge in [0.1, 0.15) is 11.5 Å². The summed E-state index contributed by atoms with van der Waals surface area (Å²) in [7, 11) is -2.46. The molecule has 4 rings (SSSR count). The molecule has 0 aliphatic carbocycles. The van der Waals surface area contributed by atoms with Crippen molar-refractivity contribution in [2.45, 2.75) is 23.9 Å². The van der Waals surface area contributed by atoms with Gasteiger partial charge in [0.25, 0.3) is 0 Å². The Kier molecular flexibility index (Phi) is 7.04. The predicted molar refractivity (Wildman–Crippen MR) is 135 cm³/mol. The molecule has 0 bridgehead atoms. The van der Waals surface area contributed by atoms with Crippen molar-refractivity contribution in [2.75, 3.05) is 7.11 Å². The van der Waals surface area contributed by atoms with E-state index in [9.17, 15) is 18.3 Å². The van der Waals surface area contributed by atoms with Crippen LogP contribution in [0.3, 0.4) is 0 Å². The van der Waals surface area contributed by atoms with Gasteiger partial charge in [0, 0.05) is 5.56 Å². The maximum Gasteiger partial charge on any atom is 0.241 e. The van der Waals surface area contributed by atoms with Gasteiger partial charge < -0.3 is 15.2 Å². The summed E-state index contributed by atoms with van der Waals surface area (Å²) in [4.78, 5) is 13.2. The van der Waals surface area contributed by atoms with Gasteiger partial charge in [0.2, 0.25) is 15.9 Å². The third kappa shape index (κ3) is 5.29. The number of ether oxygens (including phenoxy) is 1. The SMILES string of the molecule is COc1ccc(S(=O)(=O)N[C@@H](C)C(=O)NC(c2ccccc2)c2c(O)ccc3ccccc23)cc1. The van der Waals surface area contributed by atoms with Crippen molar-refractivity contribution < 1.29 is 23.1 Å². The summed E-state index contributed by atoms with van der Waals surface area (Å²) in [5.41, 5.74) is 1.28. The second-order valence-electron chi connectivity index (χ2n) is 8.09. The van der Waals surface area contributed by atoms with Gasteiger partial charge in [-0.25, -0.2) is 8.42 Å². The number of amides is 1. The number of carbonyl (C=O) groups excluding carboxylic acids is 1. The average molecular weight is 491 g/mol. The zero-order valence-electron chi connectivity index (χ0n) is 19.3. The number of fused-ring (bicyclic) bond motifs is 1. The molecule has 0 radical (unpaired) electrons. The molecule has 0 saturated heterocycles. The summed E-state index contributed by atoms with van der Waals surface area (Å²) in [5.74, 6) is 0.0166. The lowest BCUT2D eigenvalue weighted by Gasteiger charge is -2.24. The molecule has 3 N–H and O–H groups in total. The molecule has 180 valence electrons. The molecular weight excluding hydrogens is 464 g/mol. The molecule has 0 aliphatic heterocycles. The highest BCUT2D eigenvalue weighted by atomic mass is 32.2. The Morgan fingerprint density at radius 2 is 1.54 bits per heavy atom. The second kappa shape index (κ2) is 10.2. The molecule has 0 aromatic heterocycles. The number of rotatable bonds is 8. The molecule has 0 fully saturated rings. The van der Waals surface area contributed by atoms with Crippen LogP contribution in [0.1, 0.15) is 24.1 Å². The van der Waals surface area contributed by atoms with Crippen LogP contribution in [0.2, 0.25) is 0 Å². The average Bonchev–Trinajstić information content (AvgIpc) is 2.87. The minimum absolute atomic E-state index is 0.0178. The number of carbonyl (C=O) groups is 1. The largest absolute Gasteiger partial charge is 0.508 e. The van der Waals surface area contributed by atoms with Gasteiger partial charge >= 0.3 is 0 Å². The number of phenols is 1. The van der Waals surface area contributed by atoms with Crippen molar-refractivity contribution in [1.82, 2.24) is 10.0 Å². The monoisotopic (exact) mass is 490 g/mol. The molecule has 8 heteroatoms. The molecule has 2 atom stereocenters. The van der Waals surface area contributed by atoms with E-state index in [0.29, 0.717) is 11.3 Å². The summed E-state index contributed by atoms with van der Waals surface area (Å²) in [6.45, 7) is 1.47. The molecule has 1 amide bonds. The summed E-state index contributed by atoms with van der Waals surface area (Å²) in [5, 5.41) is 15.4. The fraction of sp³-hybridized carbons (Fsp3) is 0.148. The minimum Gasteiger partial charge on any atom is -0.508 e. The standard InChI is InChI=1S/C27H26N2O5S/c1-18(29-35(32,33)22-15-13-21(34-2)14-16-22)27(31)28-26(20-9-4-3-5-10-20)25-23-11-7-6-8-19(23)12-17-24(25)30/h3-18,26,29-30H,1-2H3,(H,28,31)/t18-,26?/m0/s1. The summed E-state index contributed by atoms with van der Waals surface area (Å²) >= 11 is 0. The van der Waals surface area contributed by atoms with E-state index in [2.05, 4.69) is 10.0 Å². The number of phenolic OH excluding ortho intramolecular Hbond substituents is 1. The van der Waals surface area contributed by atoms with Gasteiger partial charge in [0.15, 0.2) is 0 Å². The summed E-state index contributed by atoms with van der Waals surface area (Å²) < 4.78 is 33.2. The normalized spacial score (nSPS) is 13.2.